The molecule has 3 heterocycles. The lowest BCUT2D eigenvalue weighted by molar-refractivity contribution is 0.384. The van der Waals surface area contributed by atoms with Crippen LogP contribution >= 0.6 is 11.3 Å². The van der Waals surface area contributed by atoms with Crippen molar-refractivity contribution in [2.45, 2.75) is 37.5 Å². The largest absolute Gasteiger partial charge is 0.353 e. The van der Waals surface area contributed by atoms with Gasteiger partial charge in [-0.15, -0.1) is 11.3 Å². The summed E-state index contributed by atoms with van der Waals surface area (Å²) in [5.74, 6) is 0.974. The fraction of sp³-hybridized carbons (Fsp3) is 0.429. The molecular weight excluding hydrogens is 404 g/mol. The van der Waals surface area contributed by atoms with Gasteiger partial charge in [0.25, 0.3) is 0 Å². The molecule has 0 unspecified atom stereocenters. The summed E-state index contributed by atoms with van der Waals surface area (Å²) in [5, 5.41) is 1.20. The third kappa shape index (κ3) is 3.33. The normalized spacial score (nSPS) is 18.2. The monoisotopic (exact) mass is 428 g/mol. The van der Waals surface area contributed by atoms with E-state index in [1.54, 1.807) is 34.1 Å². The summed E-state index contributed by atoms with van der Waals surface area (Å²) >= 11 is 1.80. The van der Waals surface area contributed by atoms with Gasteiger partial charge in [-0.1, -0.05) is 17.7 Å². The van der Waals surface area contributed by atoms with E-state index in [0.717, 1.165) is 29.1 Å². The zero-order chi connectivity index (χ0) is 20.0. The van der Waals surface area contributed by atoms with Crippen molar-refractivity contribution >= 4 is 37.4 Å². The molecular formula is C21H24N4O2S2. The van der Waals surface area contributed by atoms with Gasteiger partial charge in [-0.3, -0.25) is 0 Å². The number of nitrogens with zero attached hydrogens (tertiary/aromatic N) is 4. The van der Waals surface area contributed by atoms with Crippen LogP contribution in [0.2, 0.25) is 0 Å². The number of aromatic nitrogens is 2. The van der Waals surface area contributed by atoms with Crippen molar-refractivity contribution in [1.82, 2.24) is 14.3 Å². The van der Waals surface area contributed by atoms with Gasteiger partial charge in [-0.05, 0) is 50.3 Å². The van der Waals surface area contributed by atoms with E-state index in [-0.39, 0.29) is 0 Å². The van der Waals surface area contributed by atoms with Crippen LogP contribution in [0.25, 0.3) is 10.2 Å². The summed E-state index contributed by atoms with van der Waals surface area (Å²) in [4.78, 5) is 14.3. The Morgan fingerprint density at radius 2 is 1.69 bits per heavy atom. The molecule has 0 spiro atoms. The molecule has 0 amide bonds. The molecule has 8 heteroatoms. The zero-order valence-electron chi connectivity index (χ0n) is 16.5. The number of thiophene rings is 1. The van der Waals surface area contributed by atoms with Crippen LogP contribution in [-0.2, 0) is 22.9 Å². The number of anilines is 1. The number of hydrogen-bond acceptors (Lipinski definition) is 6. The highest BCUT2D eigenvalue weighted by atomic mass is 32.2. The zero-order valence-corrected chi connectivity index (χ0v) is 18.1. The Morgan fingerprint density at radius 3 is 2.45 bits per heavy atom. The Labute approximate surface area is 175 Å². The first-order chi connectivity index (χ1) is 14.0. The highest BCUT2D eigenvalue weighted by molar-refractivity contribution is 7.89. The minimum Gasteiger partial charge on any atom is -0.353 e. The van der Waals surface area contributed by atoms with Gasteiger partial charge in [0.1, 0.15) is 17.0 Å². The fourth-order valence-corrected chi connectivity index (χ4v) is 6.96. The van der Waals surface area contributed by atoms with Crippen molar-refractivity contribution in [3.8, 4) is 0 Å². The molecule has 29 heavy (non-hydrogen) atoms. The van der Waals surface area contributed by atoms with Gasteiger partial charge in [-0.25, -0.2) is 18.4 Å². The Kier molecular flexibility index (Phi) is 4.80. The average molecular weight is 429 g/mol. The lowest BCUT2D eigenvalue weighted by Crippen LogP contribution is -2.49. The van der Waals surface area contributed by atoms with E-state index < -0.39 is 10.0 Å². The molecule has 2 aliphatic rings. The minimum atomic E-state index is -3.45. The Bertz CT molecular complexity index is 1150. The number of benzene rings is 1. The molecule has 2 aromatic heterocycles. The molecule has 1 aliphatic heterocycles. The summed E-state index contributed by atoms with van der Waals surface area (Å²) in [6, 6.07) is 7.09. The fourth-order valence-electron chi connectivity index (χ4n) is 4.31. The van der Waals surface area contributed by atoms with Crippen molar-refractivity contribution in [3.05, 3.63) is 46.6 Å². The van der Waals surface area contributed by atoms with Crippen molar-refractivity contribution in [2.75, 3.05) is 31.1 Å². The molecule has 152 valence electrons. The van der Waals surface area contributed by atoms with E-state index in [4.69, 9.17) is 0 Å². The molecule has 0 bridgehead atoms. The van der Waals surface area contributed by atoms with Crippen LogP contribution in [0.4, 0.5) is 5.82 Å². The van der Waals surface area contributed by atoms with Crippen molar-refractivity contribution in [1.29, 1.82) is 0 Å². The minimum absolute atomic E-state index is 0.368. The highest BCUT2D eigenvalue weighted by Crippen LogP contribution is 2.39. The lowest BCUT2D eigenvalue weighted by Gasteiger charge is -2.35. The molecule has 1 saturated heterocycles. The molecule has 0 saturated carbocycles. The number of fused-ring (bicyclic) bond motifs is 3. The van der Waals surface area contributed by atoms with Gasteiger partial charge in [0.2, 0.25) is 10.0 Å². The van der Waals surface area contributed by atoms with E-state index in [1.807, 2.05) is 19.1 Å². The highest BCUT2D eigenvalue weighted by Gasteiger charge is 2.30. The van der Waals surface area contributed by atoms with Gasteiger partial charge in [0.05, 0.1) is 10.3 Å². The van der Waals surface area contributed by atoms with Crippen LogP contribution in [0.3, 0.4) is 0 Å². The van der Waals surface area contributed by atoms with Crippen LogP contribution in [0.5, 0.6) is 0 Å². The maximum atomic E-state index is 13.0. The topological polar surface area (TPSA) is 66.4 Å². The van der Waals surface area contributed by atoms with Crippen LogP contribution in [0.15, 0.2) is 35.5 Å². The molecule has 0 N–H and O–H groups in total. The molecule has 6 nitrogen and oxygen atoms in total. The summed E-state index contributed by atoms with van der Waals surface area (Å²) in [6.45, 7) is 4.17. The van der Waals surface area contributed by atoms with Crippen LogP contribution in [0.1, 0.15) is 28.8 Å². The van der Waals surface area contributed by atoms with Gasteiger partial charge >= 0.3 is 0 Å². The summed E-state index contributed by atoms with van der Waals surface area (Å²) in [6.07, 6.45) is 6.35. The van der Waals surface area contributed by atoms with E-state index in [0.29, 0.717) is 31.1 Å². The summed E-state index contributed by atoms with van der Waals surface area (Å²) < 4.78 is 27.6. The first-order valence-electron chi connectivity index (χ1n) is 10.1. The number of rotatable bonds is 3. The Hall–Kier alpha value is -2.03. The number of aryl methyl sites for hydroxylation is 3. The maximum Gasteiger partial charge on any atom is 0.243 e. The van der Waals surface area contributed by atoms with E-state index >= 15 is 0 Å². The quantitative estimate of drug-likeness (QED) is 0.640. The Morgan fingerprint density at radius 1 is 0.966 bits per heavy atom. The molecule has 3 aromatic rings. The van der Waals surface area contributed by atoms with Crippen molar-refractivity contribution in [3.63, 3.8) is 0 Å². The molecule has 0 atom stereocenters. The standard InChI is InChI=1S/C21H24N4O2S2/c1-15-6-8-16(9-7-15)29(26,27)25-12-10-24(11-13-25)20-19-17-4-2-3-5-18(17)28-21(19)23-14-22-20/h6-9,14H,2-5,10-13H2,1H3. The summed E-state index contributed by atoms with van der Waals surface area (Å²) in [5.41, 5.74) is 2.47. The second kappa shape index (κ2) is 7.34. The van der Waals surface area contributed by atoms with E-state index in [9.17, 15) is 8.42 Å². The van der Waals surface area contributed by atoms with E-state index in [1.165, 1.54) is 28.7 Å². The second-order valence-electron chi connectivity index (χ2n) is 7.79. The van der Waals surface area contributed by atoms with Crippen molar-refractivity contribution in [2.24, 2.45) is 0 Å². The van der Waals surface area contributed by atoms with Crippen LogP contribution in [-0.4, -0.2) is 48.9 Å². The van der Waals surface area contributed by atoms with Gasteiger partial charge in [0, 0.05) is 31.1 Å². The predicted octanol–water partition coefficient (Wildman–Crippen LogP) is 3.39. The van der Waals surface area contributed by atoms with Crippen LogP contribution in [0, 0.1) is 6.92 Å². The second-order valence-corrected chi connectivity index (χ2v) is 10.8. The van der Waals surface area contributed by atoms with Crippen molar-refractivity contribution < 1.29 is 8.42 Å². The molecule has 1 aromatic carbocycles. The lowest BCUT2D eigenvalue weighted by atomic mass is 9.97. The molecule has 0 radical (unpaired) electrons. The SMILES string of the molecule is Cc1ccc(S(=O)(=O)N2CCN(c3ncnc4sc5c(c34)CCCC5)CC2)cc1. The first kappa shape index (κ1) is 19.0. The molecule has 5 rings (SSSR count). The average Bonchev–Trinajstić information content (AvgIpc) is 3.13. The van der Waals surface area contributed by atoms with Gasteiger partial charge < -0.3 is 4.90 Å². The Balaban J connectivity index is 1.40. The van der Waals surface area contributed by atoms with E-state index in [2.05, 4.69) is 14.9 Å². The van der Waals surface area contributed by atoms with Crippen LogP contribution < -0.4 is 4.90 Å². The van der Waals surface area contributed by atoms with Gasteiger partial charge in [-0.2, -0.15) is 4.31 Å². The number of hydrogen-bond donors (Lipinski definition) is 0. The predicted molar refractivity (Wildman–Crippen MR) is 116 cm³/mol. The third-order valence-corrected chi connectivity index (χ3v) is 9.04. The van der Waals surface area contributed by atoms with Gasteiger partial charge in [0.15, 0.2) is 0 Å². The number of sulfonamides is 1. The first-order valence-corrected chi connectivity index (χ1v) is 12.4. The third-order valence-electron chi connectivity index (χ3n) is 5.93. The molecule has 1 fully saturated rings. The summed E-state index contributed by atoms with van der Waals surface area (Å²) in [7, 11) is -3.45. The smallest absolute Gasteiger partial charge is 0.243 e. The maximum absolute atomic E-state index is 13.0. The number of piperazine rings is 1. The molecule has 1 aliphatic carbocycles.